The molecule has 0 aliphatic heterocycles. The average molecular weight is 150 g/mol. The molecule has 2 rings (SSSR count). The molecule has 0 saturated carbocycles. The molecule has 1 aliphatic carbocycles. The van der Waals surface area contributed by atoms with E-state index in [1.165, 1.54) is 37.0 Å². The van der Waals surface area contributed by atoms with Gasteiger partial charge in [0.2, 0.25) is 0 Å². The highest BCUT2D eigenvalue weighted by atomic mass is 16.3. The topological polar surface area (TPSA) is 13.1 Å². The van der Waals surface area contributed by atoms with E-state index in [4.69, 9.17) is 4.42 Å². The van der Waals surface area contributed by atoms with Crippen LogP contribution in [0.5, 0.6) is 0 Å². The van der Waals surface area contributed by atoms with E-state index in [1.54, 1.807) is 0 Å². The van der Waals surface area contributed by atoms with E-state index in [-0.39, 0.29) is 0 Å². The van der Waals surface area contributed by atoms with Crippen LogP contribution < -0.4 is 0 Å². The lowest BCUT2D eigenvalue weighted by molar-refractivity contribution is 0.477. The highest BCUT2D eigenvalue weighted by Gasteiger charge is 2.11. The SMILES string of the molecule is Cc1cc2c(o1)CCCCC2. The van der Waals surface area contributed by atoms with Crippen LogP contribution in [0.25, 0.3) is 0 Å². The number of rotatable bonds is 0. The van der Waals surface area contributed by atoms with Gasteiger partial charge in [0.05, 0.1) is 0 Å². The molecule has 0 spiro atoms. The van der Waals surface area contributed by atoms with Gasteiger partial charge in [-0.25, -0.2) is 0 Å². The maximum Gasteiger partial charge on any atom is 0.107 e. The summed E-state index contributed by atoms with van der Waals surface area (Å²) < 4.78 is 5.59. The van der Waals surface area contributed by atoms with Gasteiger partial charge in [-0.1, -0.05) is 6.42 Å². The Hall–Kier alpha value is -0.720. The van der Waals surface area contributed by atoms with Gasteiger partial charge in [-0.2, -0.15) is 0 Å². The van der Waals surface area contributed by atoms with Crippen LogP contribution in [0.4, 0.5) is 0 Å². The number of hydrogen-bond donors (Lipinski definition) is 0. The first kappa shape index (κ1) is 6.96. The molecule has 0 bridgehead atoms. The maximum absolute atomic E-state index is 5.59. The number of hydrogen-bond acceptors (Lipinski definition) is 1. The Morgan fingerprint density at radius 1 is 1.18 bits per heavy atom. The van der Waals surface area contributed by atoms with E-state index >= 15 is 0 Å². The minimum atomic E-state index is 1.08. The van der Waals surface area contributed by atoms with Crippen LogP contribution in [0.1, 0.15) is 36.3 Å². The second-order valence-electron chi connectivity index (χ2n) is 3.37. The fourth-order valence-corrected chi connectivity index (χ4v) is 1.82. The van der Waals surface area contributed by atoms with Crippen molar-refractivity contribution in [3.63, 3.8) is 0 Å². The second-order valence-corrected chi connectivity index (χ2v) is 3.37. The molecule has 0 saturated heterocycles. The lowest BCUT2D eigenvalue weighted by atomic mass is 10.1. The Kier molecular flexibility index (Phi) is 1.72. The van der Waals surface area contributed by atoms with Crippen LogP contribution in [-0.4, -0.2) is 0 Å². The van der Waals surface area contributed by atoms with Gasteiger partial charge in [-0.05, 0) is 37.8 Å². The zero-order valence-corrected chi connectivity index (χ0v) is 7.02. The molecule has 0 atom stereocenters. The van der Waals surface area contributed by atoms with Gasteiger partial charge in [-0.15, -0.1) is 0 Å². The highest BCUT2D eigenvalue weighted by molar-refractivity contribution is 5.22. The predicted octanol–water partition coefficient (Wildman–Crippen LogP) is 2.86. The van der Waals surface area contributed by atoms with E-state index in [2.05, 4.69) is 6.07 Å². The Morgan fingerprint density at radius 3 is 2.91 bits per heavy atom. The number of fused-ring (bicyclic) bond motifs is 1. The van der Waals surface area contributed by atoms with E-state index in [1.807, 2.05) is 6.92 Å². The summed E-state index contributed by atoms with van der Waals surface area (Å²) in [6.45, 7) is 2.04. The van der Waals surface area contributed by atoms with Crippen molar-refractivity contribution in [2.24, 2.45) is 0 Å². The molecule has 1 nitrogen and oxygen atoms in total. The lowest BCUT2D eigenvalue weighted by Gasteiger charge is -1.91. The predicted molar refractivity (Wildman–Crippen MR) is 44.7 cm³/mol. The minimum Gasteiger partial charge on any atom is -0.466 e. The Balaban J connectivity index is 2.32. The van der Waals surface area contributed by atoms with Crippen molar-refractivity contribution >= 4 is 0 Å². The van der Waals surface area contributed by atoms with Gasteiger partial charge in [0.1, 0.15) is 11.5 Å². The summed E-state index contributed by atoms with van der Waals surface area (Å²) in [6, 6.07) is 2.20. The largest absolute Gasteiger partial charge is 0.466 e. The first-order valence-electron chi connectivity index (χ1n) is 4.44. The van der Waals surface area contributed by atoms with Crippen LogP contribution in [0, 0.1) is 6.92 Å². The lowest BCUT2D eigenvalue weighted by Crippen LogP contribution is -1.81. The molecule has 1 aromatic heterocycles. The monoisotopic (exact) mass is 150 g/mol. The molecular weight excluding hydrogens is 136 g/mol. The summed E-state index contributed by atoms with van der Waals surface area (Å²) in [6.07, 6.45) is 6.39. The summed E-state index contributed by atoms with van der Waals surface area (Å²) in [7, 11) is 0. The van der Waals surface area contributed by atoms with Crippen molar-refractivity contribution in [2.75, 3.05) is 0 Å². The van der Waals surface area contributed by atoms with Crippen LogP contribution in [0.15, 0.2) is 10.5 Å². The van der Waals surface area contributed by atoms with Crippen molar-refractivity contribution < 1.29 is 4.42 Å². The minimum absolute atomic E-state index is 1.08. The molecule has 0 amide bonds. The van der Waals surface area contributed by atoms with Crippen molar-refractivity contribution in [1.29, 1.82) is 0 Å². The summed E-state index contributed by atoms with van der Waals surface area (Å²) in [5, 5.41) is 0. The molecule has 0 unspecified atom stereocenters. The zero-order valence-electron chi connectivity index (χ0n) is 7.02. The summed E-state index contributed by atoms with van der Waals surface area (Å²) >= 11 is 0. The third-order valence-electron chi connectivity index (χ3n) is 2.37. The fraction of sp³-hybridized carbons (Fsp3) is 0.600. The van der Waals surface area contributed by atoms with Crippen LogP contribution in [0.3, 0.4) is 0 Å². The molecule has 11 heavy (non-hydrogen) atoms. The average Bonchev–Trinajstić information content (AvgIpc) is 2.17. The van der Waals surface area contributed by atoms with Gasteiger partial charge in [0, 0.05) is 6.42 Å². The molecule has 0 radical (unpaired) electrons. The third kappa shape index (κ3) is 1.32. The standard InChI is InChI=1S/C10H14O/c1-8-7-9-5-3-2-4-6-10(9)11-8/h7H,2-6H2,1H3. The van der Waals surface area contributed by atoms with Crippen molar-refractivity contribution in [1.82, 2.24) is 0 Å². The molecule has 1 heteroatoms. The molecule has 0 fully saturated rings. The highest BCUT2D eigenvalue weighted by Crippen LogP contribution is 2.23. The Labute approximate surface area is 67.4 Å². The molecule has 60 valence electrons. The third-order valence-corrected chi connectivity index (χ3v) is 2.37. The fourth-order valence-electron chi connectivity index (χ4n) is 1.82. The van der Waals surface area contributed by atoms with Crippen LogP contribution in [-0.2, 0) is 12.8 Å². The van der Waals surface area contributed by atoms with E-state index in [9.17, 15) is 0 Å². The summed E-state index contributed by atoms with van der Waals surface area (Å²) in [5.74, 6) is 2.33. The zero-order chi connectivity index (χ0) is 7.68. The number of aryl methyl sites for hydroxylation is 3. The molecular formula is C10H14O. The first-order valence-corrected chi connectivity index (χ1v) is 4.44. The smallest absolute Gasteiger partial charge is 0.107 e. The van der Waals surface area contributed by atoms with Gasteiger partial charge in [0.15, 0.2) is 0 Å². The summed E-state index contributed by atoms with van der Waals surface area (Å²) in [5.41, 5.74) is 1.46. The van der Waals surface area contributed by atoms with Crippen molar-refractivity contribution in [3.8, 4) is 0 Å². The van der Waals surface area contributed by atoms with Crippen molar-refractivity contribution in [3.05, 3.63) is 23.2 Å². The Bertz CT molecular complexity index is 224. The molecule has 1 aliphatic rings. The first-order chi connectivity index (χ1) is 5.36. The van der Waals surface area contributed by atoms with Crippen molar-refractivity contribution in [2.45, 2.75) is 39.0 Å². The summed E-state index contributed by atoms with van der Waals surface area (Å²) in [4.78, 5) is 0. The quantitative estimate of drug-likeness (QED) is 0.518. The van der Waals surface area contributed by atoms with Gasteiger partial charge >= 0.3 is 0 Å². The van der Waals surface area contributed by atoms with Gasteiger partial charge < -0.3 is 4.42 Å². The van der Waals surface area contributed by atoms with E-state index < -0.39 is 0 Å². The van der Waals surface area contributed by atoms with Gasteiger partial charge in [-0.3, -0.25) is 0 Å². The Morgan fingerprint density at radius 2 is 2.00 bits per heavy atom. The maximum atomic E-state index is 5.59. The number of furan rings is 1. The molecule has 1 aromatic rings. The second kappa shape index (κ2) is 2.72. The van der Waals surface area contributed by atoms with Crippen LogP contribution >= 0.6 is 0 Å². The molecule has 0 N–H and O–H groups in total. The van der Waals surface area contributed by atoms with E-state index in [0.29, 0.717) is 0 Å². The molecule has 1 heterocycles. The van der Waals surface area contributed by atoms with Gasteiger partial charge in [0.25, 0.3) is 0 Å². The normalized spacial score (nSPS) is 17.5. The van der Waals surface area contributed by atoms with E-state index in [0.717, 1.165) is 12.2 Å². The van der Waals surface area contributed by atoms with Crippen LogP contribution in [0.2, 0.25) is 0 Å². The molecule has 0 aromatic carbocycles.